The number of nitrogens with zero attached hydrogens (tertiary/aromatic N) is 2. The average Bonchev–Trinajstić information content (AvgIpc) is 2.76. The van der Waals surface area contributed by atoms with Gasteiger partial charge in [0.15, 0.2) is 0 Å². The van der Waals surface area contributed by atoms with E-state index in [0.717, 1.165) is 19.4 Å². The predicted octanol–water partition coefficient (Wildman–Crippen LogP) is 0.568. The molecule has 2 unspecified atom stereocenters. The van der Waals surface area contributed by atoms with Crippen molar-refractivity contribution in [3.63, 3.8) is 0 Å². The van der Waals surface area contributed by atoms with Crippen LogP contribution in [0.1, 0.15) is 32.1 Å². The molecule has 0 aliphatic carbocycles. The Bertz CT molecular complexity index is 410. The lowest BCUT2D eigenvalue weighted by Gasteiger charge is -2.34. The van der Waals surface area contributed by atoms with Gasteiger partial charge in [-0.1, -0.05) is 0 Å². The van der Waals surface area contributed by atoms with Crippen LogP contribution in [-0.4, -0.2) is 59.4 Å². The summed E-state index contributed by atoms with van der Waals surface area (Å²) < 4.78 is 0. The van der Waals surface area contributed by atoms with E-state index in [0.29, 0.717) is 25.9 Å². The lowest BCUT2D eigenvalue weighted by atomic mass is 9.92. The summed E-state index contributed by atoms with van der Waals surface area (Å²) in [5, 5.41) is 8.73. The van der Waals surface area contributed by atoms with Crippen LogP contribution < -0.4 is 0 Å². The molecular formula is C14H22N2O4. The number of piperidine rings is 1. The lowest BCUT2D eigenvalue weighted by Crippen LogP contribution is -2.43. The number of hydrogen-bond donors (Lipinski definition) is 1. The first-order chi connectivity index (χ1) is 9.47. The summed E-state index contributed by atoms with van der Waals surface area (Å²) in [6.07, 6.45) is 3.01. The average molecular weight is 282 g/mol. The highest BCUT2D eigenvalue weighted by Gasteiger charge is 2.36. The van der Waals surface area contributed by atoms with Crippen LogP contribution in [0, 0.1) is 11.8 Å². The number of carboxylic acids is 1. The van der Waals surface area contributed by atoms with Gasteiger partial charge in [0.2, 0.25) is 11.8 Å². The van der Waals surface area contributed by atoms with Gasteiger partial charge in [-0.05, 0) is 25.2 Å². The maximum atomic E-state index is 12.4. The molecule has 2 amide bonds. The van der Waals surface area contributed by atoms with Crippen LogP contribution in [0.15, 0.2) is 0 Å². The van der Waals surface area contributed by atoms with Gasteiger partial charge >= 0.3 is 5.97 Å². The molecule has 2 aliphatic rings. The number of hydrogen-bond acceptors (Lipinski definition) is 3. The zero-order valence-electron chi connectivity index (χ0n) is 11.9. The van der Waals surface area contributed by atoms with E-state index in [2.05, 4.69) is 0 Å². The molecule has 2 heterocycles. The van der Waals surface area contributed by atoms with Crippen LogP contribution in [0.25, 0.3) is 0 Å². The van der Waals surface area contributed by atoms with Crippen molar-refractivity contribution in [1.82, 2.24) is 9.80 Å². The molecule has 0 bridgehead atoms. The molecule has 1 N–H and O–H groups in total. The van der Waals surface area contributed by atoms with Gasteiger partial charge in [-0.15, -0.1) is 0 Å². The second kappa shape index (κ2) is 6.24. The largest absolute Gasteiger partial charge is 0.481 e. The standard InChI is InChI=1S/C14H22N2O4/c1-15-9-11(7-12(15)17)14(20)16-6-2-3-10(8-16)4-5-13(18)19/h10-11H,2-9H2,1H3,(H,18,19). The number of carboxylic acid groups (broad SMARTS) is 1. The number of likely N-dealkylation sites (tertiary alicyclic amines) is 2. The van der Waals surface area contributed by atoms with Crippen LogP contribution in [0.3, 0.4) is 0 Å². The third-order valence-corrected chi connectivity index (χ3v) is 4.29. The minimum absolute atomic E-state index is 0.0304. The van der Waals surface area contributed by atoms with Crippen molar-refractivity contribution in [1.29, 1.82) is 0 Å². The molecule has 6 heteroatoms. The van der Waals surface area contributed by atoms with Gasteiger partial charge in [-0.25, -0.2) is 0 Å². The van der Waals surface area contributed by atoms with Crippen molar-refractivity contribution in [2.45, 2.75) is 32.1 Å². The third-order valence-electron chi connectivity index (χ3n) is 4.29. The summed E-state index contributed by atoms with van der Waals surface area (Å²) in [5.74, 6) is -0.633. The van der Waals surface area contributed by atoms with Crippen LogP contribution in [0.2, 0.25) is 0 Å². The smallest absolute Gasteiger partial charge is 0.303 e. The summed E-state index contributed by atoms with van der Waals surface area (Å²) in [7, 11) is 1.72. The number of rotatable bonds is 4. The summed E-state index contributed by atoms with van der Waals surface area (Å²) >= 11 is 0. The number of amides is 2. The Morgan fingerprint density at radius 3 is 2.70 bits per heavy atom. The SMILES string of the molecule is CN1CC(C(=O)N2CCCC(CCC(=O)O)C2)CC1=O. The molecule has 2 rings (SSSR count). The molecule has 6 nitrogen and oxygen atoms in total. The zero-order chi connectivity index (χ0) is 14.7. The summed E-state index contributed by atoms with van der Waals surface area (Å²) in [6.45, 7) is 1.88. The summed E-state index contributed by atoms with van der Waals surface area (Å²) in [5.41, 5.74) is 0. The van der Waals surface area contributed by atoms with E-state index < -0.39 is 5.97 Å². The molecule has 0 aromatic carbocycles. The first-order valence-corrected chi connectivity index (χ1v) is 7.22. The Hall–Kier alpha value is -1.59. The van der Waals surface area contributed by atoms with Crippen LogP contribution in [0.4, 0.5) is 0 Å². The monoisotopic (exact) mass is 282 g/mol. The molecule has 0 spiro atoms. The summed E-state index contributed by atoms with van der Waals surface area (Å²) in [6, 6.07) is 0. The van der Waals surface area contributed by atoms with Crippen molar-refractivity contribution in [2.24, 2.45) is 11.8 Å². The normalized spacial score (nSPS) is 26.9. The fraction of sp³-hybridized carbons (Fsp3) is 0.786. The first kappa shape index (κ1) is 14.8. The zero-order valence-corrected chi connectivity index (χ0v) is 11.9. The lowest BCUT2D eigenvalue weighted by molar-refractivity contribution is -0.138. The van der Waals surface area contributed by atoms with E-state index in [4.69, 9.17) is 5.11 Å². The van der Waals surface area contributed by atoms with Crippen molar-refractivity contribution in [3.05, 3.63) is 0 Å². The molecule has 0 saturated carbocycles. The Labute approximate surface area is 118 Å². The summed E-state index contributed by atoms with van der Waals surface area (Å²) in [4.78, 5) is 38.0. The molecule has 2 atom stereocenters. The Kier molecular flexibility index (Phi) is 4.62. The number of carbonyl (C=O) groups is 3. The predicted molar refractivity (Wildman–Crippen MR) is 71.9 cm³/mol. The number of aliphatic carboxylic acids is 1. The Morgan fingerprint density at radius 2 is 2.10 bits per heavy atom. The van der Waals surface area contributed by atoms with Gasteiger partial charge < -0.3 is 14.9 Å². The highest BCUT2D eigenvalue weighted by Crippen LogP contribution is 2.25. The molecule has 2 fully saturated rings. The van der Waals surface area contributed by atoms with Gasteiger partial charge in [0, 0.05) is 39.5 Å². The Balaban J connectivity index is 1.87. The molecule has 0 radical (unpaired) electrons. The van der Waals surface area contributed by atoms with Crippen molar-refractivity contribution >= 4 is 17.8 Å². The number of carbonyl (C=O) groups excluding carboxylic acids is 2. The van der Waals surface area contributed by atoms with Crippen molar-refractivity contribution in [2.75, 3.05) is 26.7 Å². The van der Waals surface area contributed by atoms with E-state index >= 15 is 0 Å². The highest BCUT2D eigenvalue weighted by atomic mass is 16.4. The minimum atomic E-state index is -0.781. The van der Waals surface area contributed by atoms with E-state index in [-0.39, 0.29) is 30.1 Å². The topological polar surface area (TPSA) is 77.9 Å². The van der Waals surface area contributed by atoms with Gasteiger partial charge in [-0.2, -0.15) is 0 Å². The van der Waals surface area contributed by atoms with Gasteiger partial charge in [0.05, 0.1) is 5.92 Å². The maximum absolute atomic E-state index is 12.4. The quantitative estimate of drug-likeness (QED) is 0.817. The van der Waals surface area contributed by atoms with Crippen LogP contribution in [-0.2, 0) is 14.4 Å². The van der Waals surface area contributed by atoms with E-state index in [1.807, 2.05) is 4.90 Å². The molecule has 112 valence electrons. The minimum Gasteiger partial charge on any atom is -0.481 e. The fourth-order valence-corrected chi connectivity index (χ4v) is 3.12. The van der Waals surface area contributed by atoms with E-state index in [1.54, 1.807) is 11.9 Å². The Morgan fingerprint density at radius 1 is 1.35 bits per heavy atom. The van der Waals surface area contributed by atoms with Crippen LogP contribution >= 0.6 is 0 Å². The van der Waals surface area contributed by atoms with Gasteiger partial charge in [0.25, 0.3) is 0 Å². The maximum Gasteiger partial charge on any atom is 0.303 e. The van der Waals surface area contributed by atoms with Crippen molar-refractivity contribution < 1.29 is 19.5 Å². The second-order valence-electron chi connectivity index (χ2n) is 5.90. The molecule has 2 saturated heterocycles. The molecule has 0 aromatic heterocycles. The molecule has 20 heavy (non-hydrogen) atoms. The first-order valence-electron chi connectivity index (χ1n) is 7.22. The van der Waals surface area contributed by atoms with E-state index in [1.165, 1.54) is 0 Å². The van der Waals surface area contributed by atoms with Crippen LogP contribution in [0.5, 0.6) is 0 Å². The molecule has 2 aliphatic heterocycles. The third kappa shape index (κ3) is 3.49. The second-order valence-corrected chi connectivity index (χ2v) is 5.90. The fourth-order valence-electron chi connectivity index (χ4n) is 3.12. The molecule has 0 aromatic rings. The van der Waals surface area contributed by atoms with Gasteiger partial charge in [0.1, 0.15) is 0 Å². The van der Waals surface area contributed by atoms with Crippen molar-refractivity contribution in [3.8, 4) is 0 Å². The van der Waals surface area contributed by atoms with E-state index in [9.17, 15) is 14.4 Å². The molecular weight excluding hydrogens is 260 g/mol. The highest BCUT2D eigenvalue weighted by molar-refractivity contribution is 5.89. The van der Waals surface area contributed by atoms with Gasteiger partial charge in [-0.3, -0.25) is 14.4 Å².